The maximum Gasteiger partial charge on any atom is 0.311 e. The molecule has 0 aromatic heterocycles. The third kappa shape index (κ3) is 4.05. The number of rotatable bonds is 6. The van der Waals surface area contributed by atoms with Gasteiger partial charge >= 0.3 is 5.69 Å². The van der Waals surface area contributed by atoms with Gasteiger partial charge in [-0.15, -0.1) is 0 Å². The molecule has 0 atom stereocenters. The highest BCUT2D eigenvalue weighted by atomic mass is 32.2. The summed E-state index contributed by atoms with van der Waals surface area (Å²) in [5.74, 6) is -0.454. The highest BCUT2D eigenvalue weighted by Gasteiger charge is 2.27. The van der Waals surface area contributed by atoms with Crippen LogP contribution in [0.1, 0.15) is 5.56 Å². The third-order valence-electron chi connectivity index (χ3n) is 3.61. The van der Waals surface area contributed by atoms with Gasteiger partial charge in [0.1, 0.15) is 10.6 Å². The Kier molecular flexibility index (Phi) is 5.27. The summed E-state index contributed by atoms with van der Waals surface area (Å²) in [7, 11) is -0.851. The van der Waals surface area contributed by atoms with Crippen LogP contribution in [0.3, 0.4) is 0 Å². The topological polar surface area (TPSA) is 89.8 Å². The van der Waals surface area contributed by atoms with E-state index in [2.05, 4.69) is 0 Å². The lowest BCUT2D eigenvalue weighted by Crippen LogP contribution is -2.19. The fourth-order valence-corrected chi connectivity index (χ4v) is 3.32. The van der Waals surface area contributed by atoms with E-state index >= 15 is 0 Å². The predicted octanol–water partition coefficient (Wildman–Crippen LogP) is 2.78. The molecule has 2 rings (SSSR count). The SMILES string of the molecule is COc1ccc(CN(C)c2cccc(S(C)(=O)=O)c2[N+](=O)[O-])cc1F. The van der Waals surface area contributed by atoms with Crippen LogP contribution in [0, 0.1) is 15.9 Å². The van der Waals surface area contributed by atoms with Crippen molar-refractivity contribution in [3.63, 3.8) is 0 Å². The van der Waals surface area contributed by atoms with Crippen molar-refractivity contribution in [2.24, 2.45) is 0 Å². The maximum atomic E-state index is 13.8. The van der Waals surface area contributed by atoms with Crippen LogP contribution in [-0.4, -0.2) is 33.8 Å². The minimum absolute atomic E-state index is 0.0939. The summed E-state index contributed by atoms with van der Waals surface area (Å²) in [4.78, 5) is 11.8. The van der Waals surface area contributed by atoms with E-state index in [-0.39, 0.29) is 22.9 Å². The zero-order valence-corrected chi connectivity index (χ0v) is 14.7. The van der Waals surface area contributed by atoms with Crippen molar-refractivity contribution in [3.8, 4) is 5.75 Å². The molecule has 0 N–H and O–H groups in total. The molecule has 0 saturated carbocycles. The fourth-order valence-electron chi connectivity index (χ4n) is 2.47. The summed E-state index contributed by atoms with van der Waals surface area (Å²) in [6.07, 6.45) is 0.915. The van der Waals surface area contributed by atoms with Crippen LogP contribution in [0.25, 0.3) is 0 Å². The number of nitrogens with zero attached hydrogens (tertiary/aromatic N) is 2. The zero-order valence-electron chi connectivity index (χ0n) is 13.9. The molecule has 0 heterocycles. The Hall–Kier alpha value is -2.68. The van der Waals surface area contributed by atoms with E-state index in [9.17, 15) is 22.9 Å². The highest BCUT2D eigenvalue weighted by molar-refractivity contribution is 7.90. The Balaban J connectivity index is 2.44. The molecule has 0 spiro atoms. The summed E-state index contributed by atoms with van der Waals surface area (Å²) < 4.78 is 42.3. The van der Waals surface area contributed by atoms with Gasteiger partial charge in [-0.3, -0.25) is 10.1 Å². The highest BCUT2D eigenvalue weighted by Crippen LogP contribution is 2.34. The number of hydrogen-bond donors (Lipinski definition) is 0. The number of methoxy groups -OCH3 is 1. The first-order valence-corrected chi connectivity index (χ1v) is 9.05. The number of nitro groups is 1. The number of halogens is 1. The van der Waals surface area contributed by atoms with Crippen LogP contribution in [0.2, 0.25) is 0 Å². The van der Waals surface area contributed by atoms with E-state index in [1.807, 2.05) is 0 Å². The first-order valence-electron chi connectivity index (χ1n) is 7.16. The smallest absolute Gasteiger partial charge is 0.311 e. The lowest BCUT2D eigenvalue weighted by Gasteiger charge is -2.20. The molecule has 0 bridgehead atoms. The number of anilines is 1. The number of ether oxygens (including phenoxy) is 1. The number of hydrogen-bond acceptors (Lipinski definition) is 6. The second-order valence-corrected chi connectivity index (χ2v) is 7.46. The first-order chi connectivity index (χ1) is 11.6. The minimum Gasteiger partial charge on any atom is -0.494 e. The molecule has 7 nitrogen and oxygen atoms in total. The van der Waals surface area contributed by atoms with E-state index in [4.69, 9.17) is 4.74 Å². The average molecular weight is 368 g/mol. The normalized spacial score (nSPS) is 11.2. The molecular formula is C16H17FN2O5S. The van der Waals surface area contributed by atoms with Crippen LogP contribution >= 0.6 is 0 Å². The van der Waals surface area contributed by atoms with Gasteiger partial charge in [-0.1, -0.05) is 12.1 Å². The van der Waals surface area contributed by atoms with Crippen molar-refractivity contribution in [1.29, 1.82) is 0 Å². The molecule has 0 unspecified atom stereocenters. The van der Waals surface area contributed by atoms with Crippen LogP contribution in [0.15, 0.2) is 41.3 Å². The lowest BCUT2D eigenvalue weighted by molar-refractivity contribution is -0.387. The molecular weight excluding hydrogens is 351 g/mol. The standard InChI is InChI=1S/C16H17FN2O5S/c1-18(10-11-7-8-14(24-2)12(17)9-11)13-5-4-6-15(25(3,22)23)16(13)19(20)21/h4-9H,10H2,1-3H3. The second-order valence-electron chi connectivity index (χ2n) is 5.48. The molecule has 0 saturated heterocycles. The quantitative estimate of drug-likeness (QED) is 0.575. The van der Waals surface area contributed by atoms with Crippen LogP contribution in [0.4, 0.5) is 15.8 Å². The fraction of sp³-hybridized carbons (Fsp3) is 0.250. The Morgan fingerprint density at radius 1 is 1.28 bits per heavy atom. The van der Waals surface area contributed by atoms with Crippen molar-refractivity contribution in [1.82, 2.24) is 0 Å². The van der Waals surface area contributed by atoms with Crippen LogP contribution in [-0.2, 0) is 16.4 Å². The summed E-state index contributed by atoms with van der Waals surface area (Å²) >= 11 is 0. The van der Waals surface area contributed by atoms with Gasteiger partial charge in [-0.25, -0.2) is 12.8 Å². The van der Waals surface area contributed by atoms with Crippen LogP contribution in [0.5, 0.6) is 5.75 Å². The van der Waals surface area contributed by atoms with Gasteiger partial charge < -0.3 is 9.64 Å². The molecule has 134 valence electrons. The Morgan fingerprint density at radius 2 is 1.96 bits per heavy atom. The van der Waals surface area contributed by atoms with Crippen molar-refractivity contribution < 1.29 is 22.5 Å². The zero-order chi connectivity index (χ0) is 18.8. The van der Waals surface area contributed by atoms with Crippen molar-refractivity contribution >= 4 is 21.2 Å². The average Bonchev–Trinajstić information content (AvgIpc) is 2.53. The van der Waals surface area contributed by atoms with Crippen LogP contribution < -0.4 is 9.64 Å². The number of nitro benzene ring substituents is 1. The van der Waals surface area contributed by atoms with Gasteiger partial charge in [0.2, 0.25) is 0 Å². The third-order valence-corrected chi connectivity index (χ3v) is 4.74. The molecule has 0 aliphatic carbocycles. The van der Waals surface area contributed by atoms with Gasteiger partial charge in [-0.05, 0) is 29.8 Å². The van der Waals surface area contributed by atoms with Crippen molar-refractivity contribution in [2.45, 2.75) is 11.4 Å². The monoisotopic (exact) mass is 368 g/mol. The molecule has 0 fully saturated rings. The molecule has 0 aliphatic rings. The second kappa shape index (κ2) is 7.06. The molecule has 2 aromatic carbocycles. The van der Waals surface area contributed by atoms with Gasteiger partial charge in [0.05, 0.1) is 12.0 Å². The van der Waals surface area contributed by atoms with E-state index in [1.165, 1.54) is 42.3 Å². The van der Waals surface area contributed by atoms with Gasteiger partial charge in [0.15, 0.2) is 21.4 Å². The molecule has 2 aromatic rings. The summed E-state index contributed by atoms with van der Waals surface area (Å²) in [6.45, 7) is 0.148. The number of benzene rings is 2. The number of para-hydroxylation sites is 1. The van der Waals surface area contributed by atoms with Gasteiger partial charge in [0.25, 0.3) is 0 Å². The minimum atomic E-state index is -3.77. The molecule has 9 heteroatoms. The first kappa shape index (κ1) is 18.7. The largest absolute Gasteiger partial charge is 0.494 e. The van der Waals surface area contributed by atoms with E-state index in [1.54, 1.807) is 13.1 Å². The maximum absolute atomic E-state index is 13.8. The molecule has 0 amide bonds. The lowest BCUT2D eigenvalue weighted by atomic mass is 10.1. The number of sulfone groups is 1. The predicted molar refractivity (Wildman–Crippen MR) is 91.3 cm³/mol. The summed E-state index contributed by atoms with van der Waals surface area (Å²) in [5.41, 5.74) is 0.186. The van der Waals surface area contributed by atoms with E-state index in [0.717, 1.165) is 6.26 Å². The van der Waals surface area contributed by atoms with Crippen molar-refractivity contribution in [3.05, 3.63) is 57.9 Å². The van der Waals surface area contributed by atoms with Crippen molar-refractivity contribution in [2.75, 3.05) is 25.3 Å². The molecule has 0 aliphatic heterocycles. The Morgan fingerprint density at radius 3 is 2.48 bits per heavy atom. The Labute approximate surface area is 144 Å². The molecule has 0 radical (unpaired) electrons. The molecule has 25 heavy (non-hydrogen) atoms. The van der Waals surface area contributed by atoms with Gasteiger partial charge in [0, 0.05) is 19.8 Å². The van der Waals surface area contributed by atoms with Gasteiger partial charge in [-0.2, -0.15) is 0 Å². The summed E-state index contributed by atoms with van der Waals surface area (Å²) in [6, 6.07) is 8.43. The van der Waals surface area contributed by atoms with E-state index in [0.29, 0.717) is 5.56 Å². The Bertz CT molecular complexity index is 915. The van der Waals surface area contributed by atoms with E-state index < -0.39 is 26.3 Å². The summed E-state index contributed by atoms with van der Waals surface area (Å²) in [5, 5.41) is 11.4.